The van der Waals surface area contributed by atoms with Crippen molar-refractivity contribution in [1.29, 1.82) is 0 Å². The number of halogens is 1. The third-order valence-corrected chi connectivity index (χ3v) is 3.86. The Morgan fingerprint density at radius 3 is 3.25 bits per heavy atom. The van der Waals surface area contributed by atoms with Crippen LogP contribution in [0.1, 0.15) is 6.42 Å². The van der Waals surface area contributed by atoms with Crippen LogP contribution < -0.4 is 5.32 Å². The summed E-state index contributed by atoms with van der Waals surface area (Å²) in [6, 6.07) is 6.24. The first-order chi connectivity index (χ1) is 7.84. The number of hydrogen-bond donors (Lipinski definition) is 1. The van der Waals surface area contributed by atoms with Gasteiger partial charge >= 0.3 is 0 Å². The molecule has 1 aromatic carbocycles. The zero-order valence-electron chi connectivity index (χ0n) is 8.99. The number of nitrogens with one attached hydrogen (secondary N) is 1. The lowest BCUT2D eigenvalue weighted by molar-refractivity contribution is 0.489. The van der Waals surface area contributed by atoms with Crippen LogP contribution >= 0.6 is 15.9 Å². The molecule has 84 valence electrons. The second-order valence-electron chi connectivity index (χ2n) is 4.36. The van der Waals surface area contributed by atoms with Gasteiger partial charge in [0.1, 0.15) is 5.52 Å². The fourth-order valence-corrected chi connectivity index (χ4v) is 2.81. The summed E-state index contributed by atoms with van der Waals surface area (Å²) in [7, 11) is 0. The van der Waals surface area contributed by atoms with E-state index >= 15 is 0 Å². The fourth-order valence-electron chi connectivity index (χ4n) is 2.35. The van der Waals surface area contributed by atoms with Crippen molar-refractivity contribution in [3.05, 3.63) is 29.0 Å². The van der Waals surface area contributed by atoms with Crippen LogP contribution in [0.5, 0.6) is 0 Å². The van der Waals surface area contributed by atoms with Crippen LogP contribution in [0.4, 0.5) is 0 Å². The first-order valence-electron chi connectivity index (χ1n) is 5.64. The Balaban J connectivity index is 1.94. The number of fused-ring (bicyclic) bond motifs is 1. The minimum Gasteiger partial charge on any atom is -0.330 e. The maximum Gasteiger partial charge on any atom is 0.103 e. The van der Waals surface area contributed by atoms with Gasteiger partial charge in [-0.3, -0.25) is 0 Å². The number of nitrogens with zero attached hydrogens (tertiary/aromatic N) is 2. The van der Waals surface area contributed by atoms with Crippen LogP contribution in [-0.2, 0) is 6.54 Å². The molecule has 0 radical (unpaired) electrons. The lowest BCUT2D eigenvalue weighted by Crippen LogP contribution is -2.13. The van der Waals surface area contributed by atoms with Crippen LogP contribution in [-0.4, -0.2) is 22.6 Å². The normalized spacial score (nSPS) is 20.7. The average Bonchev–Trinajstić information content (AvgIpc) is 2.90. The molecule has 4 heteroatoms. The third-order valence-electron chi connectivity index (χ3n) is 3.22. The smallest absolute Gasteiger partial charge is 0.103 e. The summed E-state index contributed by atoms with van der Waals surface area (Å²) in [6.07, 6.45) is 3.22. The van der Waals surface area contributed by atoms with E-state index in [4.69, 9.17) is 0 Å². The molecule has 3 nitrogen and oxygen atoms in total. The summed E-state index contributed by atoms with van der Waals surface area (Å²) in [6.45, 7) is 3.36. The van der Waals surface area contributed by atoms with Crippen molar-refractivity contribution in [3.63, 3.8) is 0 Å². The van der Waals surface area contributed by atoms with Crippen LogP contribution in [0.3, 0.4) is 0 Å². The maximum atomic E-state index is 4.46. The Bertz CT molecular complexity index is 500. The summed E-state index contributed by atoms with van der Waals surface area (Å²) in [5.41, 5.74) is 2.29. The van der Waals surface area contributed by atoms with Gasteiger partial charge in [0.25, 0.3) is 0 Å². The number of para-hydroxylation sites is 1. The van der Waals surface area contributed by atoms with Gasteiger partial charge in [0.05, 0.1) is 11.8 Å². The summed E-state index contributed by atoms with van der Waals surface area (Å²) in [5, 5.41) is 3.40. The highest BCUT2D eigenvalue weighted by atomic mass is 79.9. The molecule has 1 atom stereocenters. The molecule has 1 unspecified atom stereocenters. The number of imidazole rings is 1. The summed E-state index contributed by atoms with van der Waals surface area (Å²) >= 11 is 3.53. The Labute approximate surface area is 103 Å². The van der Waals surface area contributed by atoms with E-state index in [9.17, 15) is 0 Å². The lowest BCUT2D eigenvalue weighted by Gasteiger charge is -2.09. The lowest BCUT2D eigenvalue weighted by atomic mass is 10.1. The molecule has 0 aliphatic carbocycles. The van der Waals surface area contributed by atoms with E-state index in [1.54, 1.807) is 0 Å². The standard InChI is InChI=1S/C12H14BrN3/c13-10-2-1-3-11-12(10)15-8-16(11)7-9-4-5-14-6-9/h1-3,8-9,14H,4-7H2. The predicted molar refractivity (Wildman–Crippen MR) is 68.4 cm³/mol. The second kappa shape index (κ2) is 4.18. The minimum absolute atomic E-state index is 0.747. The highest BCUT2D eigenvalue weighted by molar-refractivity contribution is 9.10. The fraction of sp³-hybridized carbons (Fsp3) is 0.417. The van der Waals surface area contributed by atoms with Crippen molar-refractivity contribution in [3.8, 4) is 0 Å². The molecule has 1 aromatic heterocycles. The molecule has 2 aromatic rings. The average molecular weight is 280 g/mol. The van der Waals surface area contributed by atoms with Gasteiger partial charge in [-0.2, -0.15) is 0 Å². The molecule has 2 heterocycles. The van der Waals surface area contributed by atoms with Crippen molar-refractivity contribution < 1.29 is 0 Å². The Morgan fingerprint density at radius 2 is 2.44 bits per heavy atom. The van der Waals surface area contributed by atoms with Gasteiger partial charge < -0.3 is 9.88 Å². The molecule has 1 aliphatic rings. The summed E-state index contributed by atoms with van der Waals surface area (Å²) in [5.74, 6) is 0.747. The molecule has 0 spiro atoms. The summed E-state index contributed by atoms with van der Waals surface area (Å²) in [4.78, 5) is 4.46. The topological polar surface area (TPSA) is 29.9 Å². The van der Waals surface area contributed by atoms with Crippen molar-refractivity contribution >= 4 is 27.0 Å². The van der Waals surface area contributed by atoms with Crippen molar-refractivity contribution in [2.75, 3.05) is 13.1 Å². The minimum atomic E-state index is 0.747. The van der Waals surface area contributed by atoms with Crippen molar-refractivity contribution in [2.24, 2.45) is 5.92 Å². The van der Waals surface area contributed by atoms with Crippen LogP contribution in [0.25, 0.3) is 11.0 Å². The van der Waals surface area contributed by atoms with Gasteiger partial charge in [-0.05, 0) is 53.5 Å². The highest BCUT2D eigenvalue weighted by Crippen LogP contribution is 2.23. The summed E-state index contributed by atoms with van der Waals surface area (Å²) < 4.78 is 3.34. The monoisotopic (exact) mass is 279 g/mol. The highest BCUT2D eigenvalue weighted by Gasteiger charge is 2.16. The quantitative estimate of drug-likeness (QED) is 0.915. The molecule has 1 N–H and O–H groups in total. The van der Waals surface area contributed by atoms with Crippen molar-refractivity contribution in [1.82, 2.24) is 14.9 Å². The van der Waals surface area contributed by atoms with E-state index in [0.29, 0.717) is 0 Å². The van der Waals surface area contributed by atoms with E-state index in [-0.39, 0.29) is 0 Å². The molecule has 0 saturated carbocycles. The molecule has 1 fully saturated rings. The molecule has 3 rings (SSSR count). The predicted octanol–water partition coefficient (Wildman–Crippen LogP) is 2.41. The number of hydrogen-bond acceptors (Lipinski definition) is 2. The number of rotatable bonds is 2. The first kappa shape index (κ1) is 10.3. The Hall–Kier alpha value is -0.870. The van der Waals surface area contributed by atoms with Gasteiger partial charge in [-0.25, -0.2) is 4.98 Å². The maximum absolute atomic E-state index is 4.46. The molecule has 1 aliphatic heterocycles. The van der Waals surface area contributed by atoms with Gasteiger partial charge in [0.15, 0.2) is 0 Å². The molecule has 0 bridgehead atoms. The molecular formula is C12H14BrN3. The van der Waals surface area contributed by atoms with Gasteiger partial charge in [-0.15, -0.1) is 0 Å². The first-order valence-corrected chi connectivity index (χ1v) is 6.44. The van der Waals surface area contributed by atoms with E-state index in [1.165, 1.54) is 11.9 Å². The molecule has 1 saturated heterocycles. The van der Waals surface area contributed by atoms with Gasteiger partial charge in [0.2, 0.25) is 0 Å². The van der Waals surface area contributed by atoms with Crippen LogP contribution in [0.2, 0.25) is 0 Å². The number of aromatic nitrogens is 2. The zero-order chi connectivity index (χ0) is 11.0. The number of benzene rings is 1. The van der Waals surface area contributed by atoms with E-state index in [2.05, 4.69) is 42.9 Å². The second-order valence-corrected chi connectivity index (χ2v) is 5.22. The van der Waals surface area contributed by atoms with Gasteiger partial charge in [-0.1, -0.05) is 6.07 Å². The molecular weight excluding hydrogens is 266 g/mol. The van der Waals surface area contributed by atoms with E-state index in [1.807, 2.05) is 12.4 Å². The Kier molecular flexibility index (Phi) is 2.69. The van der Waals surface area contributed by atoms with Crippen LogP contribution in [0.15, 0.2) is 29.0 Å². The van der Waals surface area contributed by atoms with Gasteiger partial charge in [0, 0.05) is 11.0 Å². The Morgan fingerprint density at radius 1 is 1.50 bits per heavy atom. The van der Waals surface area contributed by atoms with Crippen molar-refractivity contribution in [2.45, 2.75) is 13.0 Å². The van der Waals surface area contributed by atoms with Crippen LogP contribution in [0, 0.1) is 5.92 Å². The van der Waals surface area contributed by atoms with E-state index < -0.39 is 0 Å². The zero-order valence-corrected chi connectivity index (χ0v) is 10.6. The SMILES string of the molecule is Brc1cccc2c1ncn2CC1CCNC1. The molecule has 0 amide bonds. The largest absolute Gasteiger partial charge is 0.330 e. The third kappa shape index (κ3) is 1.76. The molecule has 16 heavy (non-hydrogen) atoms. The van der Waals surface area contributed by atoms with E-state index in [0.717, 1.165) is 35.5 Å².